The lowest BCUT2D eigenvalue weighted by atomic mass is 9.84. The van der Waals surface area contributed by atoms with E-state index in [2.05, 4.69) is 0 Å². The van der Waals surface area contributed by atoms with Crippen LogP contribution in [0, 0.1) is 12.8 Å². The number of aryl methyl sites for hydroxylation is 1. The van der Waals surface area contributed by atoms with Crippen molar-refractivity contribution in [1.29, 1.82) is 0 Å². The zero-order chi connectivity index (χ0) is 17.1. The first-order valence-electron chi connectivity index (χ1n) is 7.61. The molecule has 0 saturated carbocycles. The van der Waals surface area contributed by atoms with Gasteiger partial charge in [0.05, 0.1) is 12.2 Å². The van der Waals surface area contributed by atoms with E-state index in [1.807, 2.05) is 13.0 Å². The third-order valence-electron chi connectivity index (χ3n) is 4.30. The van der Waals surface area contributed by atoms with Crippen LogP contribution in [0.4, 0.5) is 4.79 Å². The Bertz CT molecular complexity index is 640. The summed E-state index contributed by atoms with van der Waals surface area (Å²) in [4.78, 5) is 36.3. The van der Waals surface area contributed by atoms with Crippen LogP contribution in [-0.4, -0.2) is 47.5 Å². The predicted octanol–water partition coefficient (Wildman–Crippen LogP) is 2.45. The van der Waals surface area contributed by atoms with E-state index < -0.39 is 12.1 Å². The van der Waals surface area contributed by atoms with Gasteiger partial charge in [0.2, 0.25) is 0 Å². The summed E-state index contributed by atoms with van der Waals surface area (Å²) in [6.45, 7) is 5.85. The second kappa shape index (κ2) is 6.81. The van der Waals surface area contributed by atoms with Gasteiger partial charge in [-0.25, -0.2) is 9.59 Å². The number of ether oxygens (including phenoxy) is 1. The Labute approximate surface area is 135 Å². The van der Waals surface area contributed by atoms with Crippen LogP contribution >= 0.6 is 0 Å². The van der Waals surface area contributed by atoms with E-state index >= 15 is 0 Å². The Kier molecular flexibility index (Phi) is 5.03. The Balaban J connectivity index is 2.38. The summed E-state index contributed by atoms with van der Waals surface area (Å²) in [5.41, 5.74) is 2.18. The number of carbonyl (C=O) groups excluding carboxylic acids is 2. The summed E-state index contributed by atoms with van der Waals surface area (Å²) in [6.07, 6.45) is -1.03. The minimum absolute atomic E-state index is 0.0420. The molecule has 0 aliphatic carbocycles. The van der Waals surface area contributed by atoms with Gasteiger partial charge in [0, 0.05) is 24.9 Å². The quantitative estimate of drug-likeness (QED) is 0.862. The molecule has 1 fully saturated rings. The van der Waals surface area contributed by atoms with Gasteiger partial charge in [0.1, 0.15) is 5.78 Å². The van der Waals surface area contributed by atoms with E-state index in [9.17, 15) is 19.5 Å². The van der Waals surface area contributed by atoms with Crippen LogP contribution in [-0.2, 0) is 9.53 Å². The van der Waals surface area contributed by atoms with Crippen LogP contribution in [0.1, 0.15) is 41.3 Å². The smallest absolute Gasteiger partial charge is 0.407 e. The SMILES string of the molecule is CCOC(=O)c1ccc(C)c([C@H]2CN(C(=O)O)C[C@@H]2C(C)=O)c1. The number of hydrogen-bond donors (Lipinski definition) is 1. The standard InChI is InChI=1S/C17H21NO5/c1-4-23-16(20)12-6-5-10(2)13(7-12)15-9-18(17(21)22)8-14(15)11(3)19/h5-7,14-15H,4,8-9H2,1-3H3,(H,21,22)/t14-,15-/m1/s1. The number of rotatable bonds is 4. The fourth-order valence-corrected chi connectivity index (χ4v) is 3.07. The van der Waals surface area contributed by atoms with Gasteiger partial charge in [-0.3, -0.25) is 4.79 Å². The minimum Gasteiger partial charge on any atom is -0.465 e. The molecule has 6 nitrogen and oxygen atoms in total. The van der Waals surface area contributed by atoms with Gasteiger partial charge in [-0.2, -0.15) is 0 Å². The van der Waals surface area contributed by atoms with Gasteiger partial charge < -0.3 is 14.7 Å². The number of carboxylic acid groups (broad SMARTS) is 1. The van der Waals surface area contributed by atoms with Crippen molar-refractivity contribution >= 4 is 17.8 Å². The van der Waals surface area contributed by atoms with E-state index in [1.165, 1.54) is 11.8 Å². The molecule has 0 bridgehead atoms. The molecule has 1 aromatic carbocycles. The summed E-state index contributed by atoms with van der Waals surface area (Å²) in [6, 6.07) is 5.21. The molecule has 0 unspecified atom stereocenters. The van der Waals surface area contributed by atoms with Gasteiger partial charge in [0.25, 0.3) is 0 Å². The maximum Gasteiger partial charge on any atom is 0.407 e. The normalized spacial score (nSPS) is 20.4. The van der Waals surface area contributed by atoms with Crippen LogP contribution in [0.25, 0.3) is 0 Å². The average molecular weight is 319 g/mol. The monoisotopic (exact) mass is 319 g/mol. The van der Waals surface area contributed by atoms with Crippen molar-refractivity contribution in [3.63, 3.8) is 0 Å². The number of ketones is 1. The van der Waals surface area contributed by atoms with E-state index in [1.54, 1.807) is 19.1 Å². The van der Waals surface area contributed by atoms with Crippen LogP contribution in [0.3, 0.4) is 0 Å². The minimum atomic E-state index is -1.03. The van der Waals surface area contributed by atoms with E-state index in [0.29, 0.717) is 5.56 Å². The summed E-state index contributed by atoms with van der Waals surface area (Å²) in [5.74, 6) is -1.08. The molecule has 23 heavy (non-hydrogen) atoms. The molecule has 124 valence electrons. The number of amides is 1. The number of benzene rings is 1. The third kappa shape index (κ3) is 3.52. The zero-order valence-electron chi connectivity index (χ0n) is 13.5. The molecular weight excluding hydrogens is 298 g/mol. The molecule has 0 aromatic heterocycles. The maximum absolute atomic E-state index is 11.9. The molecule has 1 saturated heterocycles. The highest BCUT2D eigenvalue weighted by Crippen LogP contribution is 2.35. The molecule has 2 rings (SSSR count). The lowest BCUT2D eigenvalue weighted by Gasteiger charge is -2.19. The Hall–Kier alpha value is -2.37. The van der Waals surface area contributed by atoms with E-state index in [4.69, 9.17) is 4.74 Å². The lowest BCUT2D eigenvalue weighted by Crippen LogP contribution is -2.27. The highest BCUT2D eigenvalue weighted by atomic mass is 16.5. The molecule has 1 aliphatic rings. The number of nitrogens with zero attached hydrogens (tertiary/aromatic N) is 1. The number of Topliss-reactive ketones (excluding diaryl/α,β-unsaturated/α-hetero) is 1. The van der Waals surface area contributed by atoms with Crippen molar-refractivity contribution in [1.82, 2.24) is 4.90 Å². The van der Waals surface area contributed by atoms with Crippen molar-refractivity contribution in [3.05, 3.63) is 34.9 Å². The summed E-state index contributed by atoms with van der Waals surface area (Å²) < 4.78 is 5.01. The highest BCUT2D eigenvalue weighted by molar-refractivity contribution is 5.90. The number of hydrogen-bond acceptors (Lipinski definition) is 4. The summed E-state index contributed by atoms with van der Waals surface area (Å²) in [5, 5.41) is 9.20. The number of likely N-dealkylation sites (tertiary alicyclic amines) is 1. The second-order valence-electron chi connectivity index (χ2n) is 5.80. The predicted molar refractivity (Wildman–Crippen MR) is 83.6 cm³/mol. The largest absolute Gasteiger partial charge is 0.465 e. The average Bonchev–Trinajstić information content (AvgIpc) is 2.93. The Morgan fingerprint density at radius 2 is 2.00 bits per heavy atom. The molecule has 1 amide bonds. The summed E-state index contributed by atoms with van der Waals surface area (Å²) >= 11 is 0. The van der Waals surface area contributed by atoms with Crippen LogP contribution in [0.2, 0.25) is 0 Å². The van der Waals surface area contributed by atoms with Crippen LogP contribution in [0.5, 0.6) is 0 Å². The molecule has 6 heteroatoms. The molecule has 0 spiro atoms. The van der Waals surface area contributed by atoms with Gasteiger partial charge in [-0.15, -0.1) is 0 Å². The van der Waals surface area contributed by atoms with Gasteiger partial charge in [-0.1, -0.05) is 6.07 Å². The van der Waals surface area contributed by atoms with Crippen molar-refractivity contribution in [2.45, 2.75) is 26.7 Å². The second-order valence-corrected chi connectivity index (χ2v) is 5.80. The maximum atomic E-state index is 11.9. The van der Waals surface area contributed by atoms with Gasteiger partial charge >= 0.3 is 12.1 Å². The molecule has 1 N–H and O–H groups in total. The van der Waals surface area contributed by atoms with E-state index in [0.717, 1.165) is 11.1 Å². The first kappa shape index (κ1) is 17.0. The molecule has 1 aliphatic heterocycles. The lowest BCUT2D eigenvalue weighted by molar-refractivity contribution is -0.120. The molecule has 2 atom stereocenters. The highest BCUT2D eigenvalue weighted by Gasteiger charge is 2.39. The fraction of sp³-hybridized carbons (Fsp3) is 0.471. The fourth-order valence-electron chi connectivity index (χ4n) is 3.07. The van der Waals surface area contributed by atoms with Crippen molar-refractivity contribution in [2.24, 2.45) is 5.92 Å². The topological polar surface area (TPSA) is 83.9 Å². The first-order valence-corrected chi connectivity index (χ1v) is 7.61. The molecule has 1 aromatic rings. The van der Waals surface area contributed by atoms with Crippen molar-refractivity contribution in [3.8, 4) is 0 Å². The van der Waals surface area contributed by atoms with Gasteiger partial charge in [-0.05, 0) is 44.0 Å². The van der Waals surface area contributed by atoms with Crippen molar-refractivity contribution in [2.75, 3.05) is 19.7 Å². The number of carbonyl (C=O) groups is 3. The first-order chi connectivity index (χ1) is 10.8. The molecular formula is C17H21NO5. The van der Waals surface area contributed by atoms with Crippen molar-refractivity contribution < 1.29 is 24.2 Å². The van der Waals surface area contributed by atoms with E-state index in [-0.39, 0.29) is 37.3 Å². The van der Waals surface area contributed by atoms with Crippen LogP contribution in [0.15, 0.2) is 18.2 Å². The molecule has 0 radical (unpaired) electrons. The number of esters is 1. The zero-order valence-corrected chi connectivity index (χ0v) is 13.5. The molecule has 1 heterocycles. The van der Waals surface area contributed by atoms with Gasteiger partial charge in [0.15, 0.2) is 0 Å². The Morgan fingerprint density at radius 1 is 1.30 bits per heavy atom. The third-order valence-corrected chi connectivity index (χ3v) is 4.30. The van der Waals surface area contributed by atoms with Crippen LogP contribution < -0.4 is 0 Å². The summed E-state index contributed by atoms with van der Waals surface area (Å²) in [7, 11) is 0. The Morgan fingerprint density at radius 3 is 2.57 bits per heavy atom.